The van der Waals surface area contributed by atoms with Gasteiger partial charge in [-0.05, 0) is 86.6 Å². The van der Waals surface area contributed by atoms with Gasteiger partial charge in [-0.3, -0.25) is 0 Å². The molecule has 0 bridgehead atoms. The highest BCUT2D eigenvalue weighted by atomic mass is 16.5. The zero-order valence-corrected chi connectivity index (χ0v) is 22.0. The second-order valence-electron chi connectivity index (χ2n) is 11.6. The maximum absolute atomic E-state index is 6.65. The molecule has 1 aromatic carbocycles. The predicted molar refractivity (Wildman–Crippen MR) is 157 cm³/mol. The van der Waals surface area contributed by atoms with Crippen molar-refractivity contribution in [3.05, 3.63) is 118 Å². The fourth-order valence-electron chi connectivity index (χ4n) is 7.79. The second-order valence-corrected chi connectivity index (χ2v) is 11.6. The third kappa shape index (κ3) is 3.53. The van der Waals surface area contributed by atoms with Gasteiger partial charge in [-0.25, -0.2) is 0 Å². The van der Waals surface area contributed by atoms with Crippen LogP contribution in [0.25, 0.3) is 23.4 Å². The van der Waals surface area contributed by atoms with Crippen molar-refractivity contribution in [2.45, 2.75) is 63.9 Å². The van der Waals surface area contributed by atoms with E-state index >= 15 is 0 Å². The molecule has 0 fully saturated rings. The van der Waals surface area contributed by atoms with Crippen molar-refractivity contribution in [1.82, 2.24) is 4.57 Å². The van der Waals surface area contributed by atoms with Crippen molar-refractivity contribution in [2.75, 3.05) is 0 Å². The number of hydrogen-bond donors (Lipinski definition) is 0. The molecule has 0 radical (unpaired) electrons. The molecular formula is C36H35NO. The molecule has 0 N–H and O–H groups in total. The van der Waals surface area contributed by atoms with E-state index in [-0.39, 0.29) is 6.10 Å². The number of benzene rings is 1. The average Bonchev–Trinajstić information content (AvgIpc) is 3.53. The zero-order chi connectivity index (χ0) is 25.1. The fraction of sp³-hybridized carbons (Fsp3) is 0.333. The lowest BCUT2D eigenvalue weighted by Gasteiger charge is -2.34. The van der Waals surface area contributed by atoms with Crippen LogP contribution in [0.15, 0.2) is 89.8 Å². The van der Waals surface area contributed by atoms with Crippen molar-refractivity contribution in [2.24, 2.45) is 11.8 Å². The van der Waals surface area contributed by atoms with Crippen LogP contribution in [0, 0.1) is 11.8 Å². The van der Waals surface area contributed by atoms with E-state index in [0.717, 1.165) is 57.8 Å². The summed E-state index contributed by atoms with van der Waals surface area (Å²) in [4.78, 5) is 0. The van der Waals surface area contributed by atoms with Gasteiger partial charge < -0.3 is 9.30 Å². The van der Waals surface area contributed by atoms with E-state index < -0.39 is 0 Å². The Balaban J connectivity index is 1.16. The number of fused-ring (bicyclic) bond motifs is 5. The number of ether oxygens (including phenoxy) is 1. The molecule has 2 aromatic rings. The Hall–Kier alpha value is -3.52. The van der Waals surface area contributed by atoms with Gasteiger partial charge in [-0.15, -0.1) is 0 Å². The highest BCUT2D eigenvalue weighted by Gasteiger charge is 2.43. The summed E-state index contributed by atoms with van der Waals surface area (Å²) in [5.41, 5.74) is 13.4. The number of hydrogen-bond acceptors (Lipinski definition) is 1. The predicted octanol–water partition coefficient (Wildman–Crippen LogP) is 8.69. The van der Waals surface area contributed by atoms with Crippen molar-refractivity contribution in [3.8, 4) is 0 Å². The van der Waals surface area contributed by atoms with E-state index in [1.165, 1.54) is 50.7 Å². The van der Waals surface area contributed by atoms with E-state index in [0.29, 0.717) is 11.8 Å². The van der Waals surface area contributed by atoms with E-state index in [9.17, 15) is 0 Å². The Morgan fingerprint density at radius 1 is 0.763 bits per heavy atom. The molecular weight excluding hydrogens is 462 g/mol. The van der Waals surface area contributed by atoms with Crippen LogP contribution in [0.1, 0.15) is 73.0 Å². The molecule has 190 valence electrons. The van der Waals surface area contributed by atoms with Gasteiger partial charge in [0, 0.05) is 40.0 Å². The first-order chi connectivity index (χ1) is 18.8. The summed E-state index contributed by atoms with van der Waals surface area (Å²) in [6.07, 6.45) is 31.9. The van der Waals surface area contributed by atoms with Crippen molar-refractivity contribution in [3.63, 3.8) is 0 Å². The standard InChI is InChI=1S/C36H35NO/c1-2-9-24(10-3-1)25-17-20-27(21-18-25)37-33-15-6-4-11-29(33)32-23-26(19-22-34(32)37)28-13-8-14-31-30-12-5-7-16-35(30)38-36(28)31/h1-4,7-11,14,16-17,20,23,28,31,36H,5-6,12-13,15,18-19,21-22H2. The molecule has 2 heterocycles. The normalized spacial score (nSPS) is 27.1. The third-order valence-corrected chi connectivity index (χ3v) is 9.62. The summed E-state index contributed by atoms with van der Waals surface area (Å²) in [5.74, 6) is 2.11. The van der Waals surface area contributed by atoms with E-state index in [2.05, 4.69) is 89.6 Å². The molecule has 38 heavy (non-hydrogen) atoms. The summed E-state index contributed by atoms with van der Waals surface area (Å²) >= 11 is 0. The first-order valence-electron chi connectivity index (χ1n) is 14.7. The monoisotopic (exact) mass is 497 g/mol. The maximum atomic E-state index is 6.65. The molecule has 3 atom stereocenters. The van der Waals surface area contributed by atoms with Crippen LogP contribution in [0.4, 0.5) is 0 Å². The lowest BCUT2D eigenvalue weighted by atomic mass is 9.73. The Morgan fingerprint density at radius 2 is 1.63 bits per heavy atom. The second kappa shape index (κ2) is 9.05. The topological polar surface area (TPSA) is 14.2 Å². The van der Waals surface area contributed by atoms with Crippen molar-refractivity contribution < 1.29 is 4.74 Å². The lowest BCUT2D eigenvalue weighted by Crippen LogP contribution is -2.31. The van der Waals surface area contributed by atoms with Gasteiger partial charge in [0.25, 0.3) is 0 Å². The fourth-order valence-corrected chi connectivity index (χ4v) is 7.79. The van der Waals surface area contributed by atoms with Crippen LogP contribution in [-0.2, 0) is 17.6 Å². The molecule has 3 unspecified atom stereocenters. The largest absolute Gasteiger partial charge is 0.489 e. The third-order valence-electron chi connectivity index (χ3n) is 9.62. The molecule has 1 aromatic heterocycles. The van der Waals surface area contributed by atoms with E-state index in [4.69, 9.17) is 4.74 Å². The van der Waals surface area contributed by atoms with Crippen LogP contribution < -0.4 is 0 Å². The Labute approximate surface area is 226 Å². The lowest BCUT2D eigenvalue weighted by molar-refractivity contribution is 0.0844. The molecule has 8 rings (SSSR count). The van der Waals surface area contributed by atoms with Gasteiger partial charge in [0.1, 0.15) is 11.9 Å². The maximum Gasteiger partial charge on any atom is 0.119 e. The molecule has 2 nitrogen and oxygen atoms in total. The molecule has 1 aliphatic heterocycles. The molecule has 0 spiro atoms. The zero-order valence-electron chi connectivity index (χ0n) is 22.0. The van der Waals surface area contributed by atoms with Crippen LogP contribution in [-0.4, -0.2) is 10.7 Å². The number of allylic oxidation sites excluding steroid dienone is 8. The molecule has 2 heteroatoms. The van der Waals surface area contributed by atoms with Gasteiger partial charge in [0.15, 0.2) is 0 Å². The smallest absolute Gasteiger partial charge is 0.119 e. The van der Waals surface area contributed by atoms with Crippen molar-refractivity contribution in [1.29, 1.82) is 0 Å². The van der Waals surface area contributed by atoms with Gasteiger partial charge >= 0.3 is 0 Å². The van der Waals surface area contributed by atoms with Crippen LogP contribution in [0.3, 0.4) is 0 Å². The number of nitrogens with zero attached hydrogens (tertiary/aromatic N) is 1. The van der Waals surface area contributed by atoms with Crippen LogP contribution in [0.5, 0.6) is 0 Å². The van der Waals surface area contributed by atoms with E-state index in [1.807, 2.05) is 0 Å². The van der Waals surface area contributed by atoms with Crippen LogP contribution in [0.2, 0.25) is 0 Å². The molecule has 6 aliphatic rings. The SMILES string of the molecule is C1=CC2=C(CC1)C1C=CCC(C3=Cc4c5c(n(C6=CC=C(c7ccccc7)CC6)c4CC3)CCC=C5)C1O2. The molecule has 0 saturated carbocycles. The number of aromatic nitrogens is 1. The summed E-state index contributed by atoms with van der Waals surface area (Å²) < 4.78 is 9.32. The van der Waals surface area contributed by atoms with Gasteiger partial charge in [0.2, 0.25) is 0 Å². The Kier molecular flexibility index (Phi) is 5.35. The molecule has 0 saturated heterocycles. The summed E-state index contributed by atoms with van der Waals surface area (Å²) in [6, 6.07) is 10.9. The molecule has 0 amide bonds. The highest BCUT2D eigenvalue weighted by Crippen LogP contribution is 2.48. The summed E-state index contributed by atoms with van der Waals surface area (Å²) in [5, 5.41) is 0. The first-order valence-corrected chi connectivity index (χ1v) is 14.7. The highest BCUT2D eigenvalue weighted by molar-refractivity contribution is 5.79. The number of rotatable bonds is 3. The minimum absolute atomic E-state index is 0.275. The van der Waals surface area contributed by atoms with Gasteiger partial charge in [-0.2, -0.15) is 0 Å². The summed E-state index contributed by atoms with van der Waals surface area (Å²) in [7, 11) is 0. The van der Waals surface area contributed by atoms with Gasteiger partial charge in [-0.1, -0.05) is 78.4 Å². The Bertz CT molecular complexity index is 1520. The first kappa shape index (κ1) is 22.5. The van der Waals surface area contributed by atoms with Crippen LogP contribution >= 0.6 is 0 Å². The summed E-state index contributed by atoms with van der Waals surface area (Å²) in [6.45, 7) is 0. The van der Waals surface area contributed by atoms with E-state index in [1.54, 1.807) is 5.57 Å². The van der Waals surface area contributed by atoms with Crippen molar-refractivity contribution >= 4 is 23.4 Å². The van der Waals surface area contributed by atoms with Gasteiger partial charge in [0.05, 0.1) is 0 Å². The minimum Gasteiger partial charge on any atom is -0.489 e. The molecule has 5 aliphatic carbocycles. The Morgan fingerprint density at radius 3 is 2.53 bits per heavy atom. The average molecular weight is 498 g/mol. The minimum atomic E-state index is 0.275. The quantitative estimate of drug-likeness (QED) is 0.387.